The van der Waals surface area contributed by atoms with E-state index in [9.17, 15) is 14.4 Å². The highest BCUT2D eigenvalue weighted by atomic mass is 19.1. The largest absolute Gasteiger partial charge is 0.471 e. The molecule has 3 N–H and O–H groups in total. The SMILES string of the molecule is CC(=NC1CCN(C=O)CC1)/C(=N\N)c1cc(OC(C)c2ccc(F)cc2)n2c(C#N)cnc2c1.CC(C)(C)O. The number of aliphatic imine (C=N–C) groups is 1. The fraction of sp³-hybridized carbons (Fsp3) is 0.414. The molecular weight excluding hydrogens is 513 g/mol. The van der Waals surface area contributed by atoms with Crippen molar-refractivity contribution < 1.29 is 19.0 Å². The Morgan fingerprint density at radius 1 is 1.27 bits per heavy atom. The average Bonchev–Trinajstić information content (AvgIpc) is 3.32. The first-order valence-corrected chi connectivity index (χ1v) is 13.0. The van der Waals surface area contributed by atoms with Gasteiger partial charge in [0.15, 0.2) is 0 Å². The van der Waals surface area contributed by atoms with E-state index in [-0.39, 0.29) is 11.9 Å². The minimum atomic E-state index is -0.500. The zero-order chi connectivity index (χ0) is 29.4. The molecule has 0 radical (unpaired) electrons. The van der Waals surface area contributed by atoms with Crippen LogP contribution in [-0.4, -0.2) is 62.0 Å². The van der Waals surface area contributed by atoms with Crippen molar-refractivity contribution in [3.05, 3.63) is 65.2 Å². The number of benzene rings is 1. The van der Waals surface area contributed by atoms with E-state index in [2.05, 4.69) is 16.2 Å². The van der Waals surface area contributed by atoms with Crippen molar-refractivity contribution in [1.82, 2.24) is 14.3 Å². The van der Waals surface area contributed by atoms with Crippen molar-refractivity contribution in [1.29, 1.82) is 5.26 Å². The normalized spacial score (nSPS) is 15.7. The first-order chi connectivity index (χ1) is 18.9. The van der Waals surface area contributed by atoms with Gasteiger partial charge in [-0.2, -0.15) is 10.4 Å². The van der Waals surface area contributed by atoms with Crippen LogP contribution in [0.25, 0.3) is 5.65 Å². The molecular formula is C29H36FN7O3. The van der Waals surface area contributed by atoms with Crippen molar-refractivity contribution in [2.75, 3.05) is 13.1 Å². The van der Waals surface area contributed by atoms with Crippen LogP contribution in [0.2, 0.25) is 0 Å². The van der Waals surface area contributed by atoms with Crippen molar-refractivity contribution >= 4 is 23.5 Å². The Kier molecular flexibility index (Phi) is 9.96. The molecule has 1 saturated heterocycles. The van der Waals surface area contributed by atoms with Crippen molar-refractivity contribution in [3.8, 4) is 11.9 Å². The van der Waals surface area contributed by atoms with Gasteiger partial charge >= 0.3 is 0 Å². The number of ether oxygens (including phenoxy) is 1. The van der Waals surface area contributed by atoms with Gasteiger partial charge in [0.1, 0.15) is 35.0 Å². The van der Waals surface area contributed by atoms with Crippen molar-refractivity contribution in [3.63, 3.8) is 0 Å². The number of hydrazone groups is 1. The molecule has 11 heteroatoms. The number of fused-ring (bicyclic) bond motifs is 1. The molecule has 212 valence electrons. The van der Waals surface area contributed by atoms with E-state index < -0.39 is 11.7 Å². The molecule has 3 heterocycles. The number of carbonyl (C=O) groups is 1. The first-order valence-electron chi connectivity index (χ1n) is 13.0. The highest BCUT2D eigenvalue weighted by Crippen LogP contribution is 2.27. The van der Waals surface area contributed by atoms with Crippen LogP contribution >= 0.6 is 0 Å². The Balaban J connectivity index is 0.000000810. The number of nitrogens with zero attached hydrogens (tertiary/aromatic N) is 6. The summed E-state index contributed by atoms with van der Waals surface area (Å²) in [6, 6.07) is 11.8. The number of hydrogen-bond donors (Lipinski definition) is 2. The Hall–Kier alpha value is -4.30. The van der Waals surface area contributed by atoms with Gasteiger partial charge in [-0.3, -0.25) is 14.2 Å². The molecule has 0 bridgehead atoms. The van der Waals surface area contributed by atoms with Crippen LogP contribution in [-0.2, 0) is 4.79 Å². The van der Waals surface area contributed by atoms with Crippen molar-refractivity contribution in [2.24, 2.45) is 15.9 Å². The molecule has 1 aliphatic heterocycles. The molecule has 10 nitrogen and oxygen atoms in total. The number of nitrogens with two attached hydrogens (primary N) is 1. The zero-order valence-corrected chi connectivity index (χ0v) is 23.5. The van der Waals surface area contributed by atoms with Crippen molar-refractivity contribution in [2.45, 2.75) is 65.2 Å². The van der Waals surface area contributed by atoms with Crippen LogP contribution in [0.3, 0.4) is 0 Å². The molecule has 2 aromatic heterocycles. The van der Waals surface area contributed by atoms with E-state index in [0.717, 1.165) is 24.8 Å². The van der Waals surface area contributed by atoms with Gasteiger partial charge in [0.05, 0.1) is 23.6 Å². The van der Waals surface area contributed by atoms with Gasteiger partial charge in [-0.15, -0.1) is 0 Å². The van der Waals surface area contributed by atoms with Gasteiger partial charge in [-0.05, 0) is 71.2 Å². The first kappa shape index (κ1) is 30.2. The molecule has 3 aromatic rings. The highest BCUT2D eigenvalue weighted by Gasteiger charge is 2.21. The van der Waals surface area contributed by atoms with E-state index >= 15 is 0 Å². The molecule has 1 unspecified atom stereocenters. The highest BCUT2D eigenvalue weighted by molar-refractivity contribution is 6.47. The minimum Gasteiger partial charge on any atom is -0.471 e. The van der Waals surface area contributed by atoms with Gasteiger partial charge in [-0.1, -0.05) is 12.1 Å². The fourth-order valence-corrected chi connectivity index (χ4v) is 4.20. The van der Waals surface area contributed by atoms with Crippen LogP contribution in [0.4, 0.5) is 4.39 Å². The summed E-state index contributed by atoms with van der Waals surface area (Å²) < 4.78 is 21.2. The maximum atomic E-state index is 13.4. The van der Waals surface area contributed by atoms with E-state index in [4.69, 9.17) is 20.7 Å². The maximum Gasteiger partial charge on any atom is 0.209 e. The van der Waals surface area contributed by atoms with Gasteiger partial charge in [0, 0.05) is 24.7 Å². The number of carbonyl (C=O) groups excluding carboxylic acids is 1. The quantitative estimate of drug-likeness (QED) is 0.197. The summed E-state index contributed by atoms with van der Waals surface area (Å²) in [6.45, 7) is 10.2. The smallest absolute Gasteiger partial charge is 0.209 e. The molecule has 1 aliphatic rings. The third-order valence-electron chi connectivity index (χ3n) is 6.09. The predicted molar refractivity (Wildman–Crippen MR) is 152 cm³/mol. The lowest BCUT2D eigenvalue weighted by atomic mass is 10.0. The van der Waals surface area contributed by atoms with Crippen LogP contribution < -0.4 is 10.6 Å². The lowest BCUT2D eigenvalue weighted by Crippen LogP contribution is -2.34. The summed E-state index contributed by atoms with van der Waals surface area (Å²) in [7, 11) is 0. The van der Waals surface area contributed by atoms with Crippen LogP contribution in [0, 0.1) is 17.1 Å². The number of piperidine rings is 1. The van der Waals surface area contributed by atoms with Crippen LogP contribution in [0.1, 0.15) is 70.4 Å². The van der Waals surface area contributed by atoms with E-state index in [1.54, 1.807) is 54.3 Å². The standard InChI is InChI=1S/C25H26FN7O2.C4H10O/c1-16(30-21-7-9-32(15-34)10-8-21)25(31-28)19-11-23-29-14-22(13-27)33(23)24(12-19)35-17(2)18-3-5-20(26)6-4-18;1-4(2,3)5/h3-6,11-12,14-15,17,21H,7-10,28H2,1-2H3;5H,1-3H3/b30-16?,31-25+;. The minimum absolute atomic E-state index is 0.0671. The molecule has 40 heavy (non-hydrogen) atoms. The maximum absolute atomic E-state index is 13.4. The van der Waals surface area contributed by atoms with Crippen LogP contribution in [0.15, 0.2) is 52.7 Å². The van der Waals surface area contributed by atoms with Gasteiger partial charge in [-0.25, -0.2) is 9.37 Å². The number of hydrogen-bond acceptors (Lipinski definition) is 8. The number of rotatable bonds is 7. The third kappa shape index (κ3) is 8.10. The number of imidazole rings is 1. The number of nitriles is 1. The summed E-state index contributed by atoms with van der Waals surface area (Å²) in [5.74, 6) is 5.82. The molecule has 0 spiro atoms. The molecule has 4 rings (SSSR count). The number of amides is 1. The van der Waals surface area contributed by atoms with Gasteiger partial charge in [0.25, 0.3) is 0 Å². The Bertz CT molecular complexity index is 1400. The summed E-state index contributed by atoms with van der Waals surface area (Å²) >= 11 is 0. The van der Waals surface area contributed by atoms with E-state index in [1.165, 1.54) is 18.3 Å². The predicted octanol–water partition coefficient (Wildman–Crippen LogP) is 4.01. The Morgan fingerprint density at radius 3 is 2.45 bits per heavy atom. The topological polar surface area (TPSA) is 142 Å². The zero-order valence-electron chi connectivity index (χ0n) is 23.5. The average molecular weight is 550 g/mol. The van der Waals surface area contributed by atoms with E-state index in [1.807, 2.05) is 13.8 Å². The van der Waals surface area contributed by atoms with Gasteiger partial charge in [0.2, 0.25) is 12.3 Å². The fourth-order valence-electron chi connectivity index (χ4n) is 4.20. The number of halogens is 1. The Labute approximate surface area is 233 Å². The summed E-state index contributed by atoms with van der Waals surface area (Å²) in [5.41, 5.74) is 2.86. The van der Waals surface area contributed by atoms with Gasteiger partial charge < -0.3 is 20.6 Å². The number of aliphatic hydroxyl groups is 1. The van der Waals surface area contributed by atoms with Crippen LogP contribution in [0.5, 0.6) is 5.88 Å². The second-order valence-electron chi connectivity index (χ2n) is 10.6. The second-order valence-corrected chi connectivity index (χ2v) is 10.6. The molecule has 0 saturated carbocycles. The Morgan fingerprint density at radius 2 is 1.90 bits per heavy atom. The third-order valence-corrected chi connectivity index (χ3v) is 6.09. The number of pyridine rings is 1. The molecule has 1 fully saturated rings. The molecule has 1 aromatic carbocycles. The monoisotopic (exact) mass is 549 g/mol. The lowest BCUT2D eigenvalue weighted by molar-refractivity contribution is -0.119. The number of likely N-dealkylation sites (tertiary alicyclic amines) is 1. The lowest BCUT2D eigenvalue weighted by Gasteiger charge is -2.27. The molecule has 1 amide bonds. The molecule has 0 aliphatic carbocycles. The second kappa shape index (κ2) is 13.2. The number of aromatic nitrogens is 2. The summed E-state index contributed by atoms with van der Waals surface area (Å²) in [4.78, 5) is 21.9. The molecule has 1 atom stereocenters. The van der Waals surface area contributed by atoms with E-state index in [0.29, 0.717) is 47.3 Å². The summed E-state index contributed by atoms with van der Waals surface area (Å²) in [5, 5.41) is 22.1. The summed E-state index contributed by atoms with van der Waals surface area (Å²) in [6.07, 6.45) is 3.43.